The summed E-state index contributed by atoms with van der Waals surface area (Å²) in [5.41, 5.74) is 2.49. The van der Waals surface area contributed by atoms with E-state index < -0.39 is 0 Å². The fraction of sp³-hybridized carbons (Fsp3) is 0.0833. The van der Waals surface area contributed by atoms with Gasteiger partial charge in [-0.2, -0.15) is 0 Å². The number of nitrogens with zero attached hydrogens (tertiary/aromatic N) is 1. The van der Waals surface area contributed by atoms with Crippen LogP contribution in [0.1, 0.15) is 11.1 Å². The minimum atomic E-state index is -0.276. The van der Waals surface area contributed by atoms with Gasteiger partial charge < -0.3 is 4.74 Å². The van der Waals surface area contributed by atoms with Crippen LogP contribution in [-0.4, -0.2) is 16.5 Å². The third-order valence-corrected chi connectivity index (χ3v) is 7.31. The number of thioether (sulfide) groups is 2. The summed E-state index contributed by atoms with van der Waals surface area (Å²) in [4.78, 5) is 16.2. The van der Waals surface area contributed by atoms with E-state index in [1.54, 1.807) is 28.8 Å². The molecule has 1 saturated heterocycles. The molecule has 0 unspecified atom stereocenters. The molecular weight excluding hydrogens is 529 g/mol. The van der Waals surface area contributed by atoms with Crippen molar-refractivity contribution in [3.8, 4) is 5.75 Å². The van der Waals surface area contributed by atoms with E-state index in [-0.39, 0.29) is 11.7 Å². The van der Waals surface area contributed by atoms with Gasteiger partial charge in [0.2, 0.25) is 0 Å². The van der Waals surface area contributed by atoms with Crippen LogP contribution in [0.25, 0.3) is 6.08 Å². The molecule has 8 heteroatoms. The summed E-state index contributed by atoms with van der Waals surface area (Å²) in [5, 5.41) is 0. The second-order valence-electron chi connectivity index (χ2n) is 6.82. The van der Waals surface area contributed by atoms with Gasteiger partial charge in [0, 0.05) is 4.90 Å². The molecule has 0 spiro atoms. The van der Waals surface area contributed by atoms with Crippen molar-refractivity contribution in [3.05, 3.63) is 93.1 Å². The Hall–Kier alpha value is -2.13. The summed E-state index contributed by atoms with van der Waals surface area (Å²) >= 11 is 11.9. The van der Waals surface area contributed by atoms with Gasteiger partial charge in [0.15, 0.2) is 4.32 Å². The van der Waals surface area contributed by atoms with E-state index in [0.717, 1.165) is 26.2 Å². The topological polar surface area (TPSA) is 29.5 Å². The van der Waals surface area contributed by atoms with Gasteiger partial charge in [-0.15, -0.1) is 11.8 Å². The van der Waals surface area contributed by atoms with Crippen molar-refractivity contribution in [1.29, 1.82) is 0 Å². The Labute approximate surface area is 208 Å². The first-order chi connectivity index (χ1) is 15.4. The van der Waals surface area contributed by atoms with Crippen LogP contribution in [-0.2, 0) is 11.4 Å². The fourth-order valence-electron chi connectivity index (χ4n) is 3.06. The zero-order valence-corrected chi connectivity index (χ0v) is 20.9. The number of carbonyl (C=O) groups excluding carboxylic acids is 1. The molecule has 1 aliphatic heterocycles. The van der Waals surface area contributed by atoms with Crippen molar-refractivity contribution in [2.24, 2.45) is 0 Å². The van der Waals surface area contributed by atoms with E-state index in [9.17, 15) is 9.18 Å². The average molecular weight is 547 g/mol. The van der Waals surface area contributed by atoms with Gasteiger partial charge in [0.05, 0.1) is 15.1 Å². The van der Waals surface area contributed by atoms with Crippen molar-refractivity contribution in [1.82, 2.24) is 0 Å². The lowest BCUT2D eigenvalue weighted by Crippen LogP contribution is -2.27. The first-order valence-corrected chi connectivity index (χ1v) is 12.8. The van der Waals surface area contributed by atoms with E-state index in [2.05, 4.69) is 15.9 Å². The Kier molecular flexibility index (Phi) is 7.35. The van der Waals surface area contributed by atoms with Crippen LogP contribution >= 0.6 is 51.7 Å². The normalized spacial score (nSPS) is 15.0. The SMILES string of the molecule is CSc1cccc(N2C(=O)/C(=C/c3ccc(OCc4ccc(F)cc4)c(Br)c3)SC2=S)c1. The summed E-state index contributed by atoms with van der Waals surface area (Å²) in [6.45, 7) is 0.325. The molecule has 1 fully saturated rings. The number of ether oxygens (including phenoxy) is 1. The molecule has 0 saturated carbocycles. The zero-order valence-electron chi connectivity index (χ0n) is 16.9. The van der Waals surface area contributed by atoms with Crippen molar-refractivity contribution < 1.29 is 13.9 Å². The van der Waals surface area contributed by atoms with Crippen molar-refractivity contribution in [2.75, 3.05) is 11.2 Å². The molecule has 1 aliphatic rings. The number of hydrogen-bond donors (Lipinski definition) is 0. The van der Waals surface area contributed by atoms with Gasteiger partial charge in [-0.3, -0.25) is 9.69 Å². The molecule has 0 N–H and O–H groups in total. The standard InChI is InChI=1S/C24H17BrFNO2S3/c1-31-19-4-2-3-18(13-19)27-23(28)22(32-24(27)30)12-16-7-10-21(20(25)11-16)29-14-15-5-8-17(26)9-6-15/h2-13H,14H2,1H3/b22-12-. The smallest absolute Gasteiger partial charge is 0.270 e. The van der Waals surface area contributed by atoms with Gasteiger partial charge in [-0.05, 0) is 81.9 Å². The third kappa shape index (κ3) is 5.26. The number of carbonyl (C=O) groups is 1. The molecule has 1 heterocycles. The first kappa shape index (κ1) is 23.0. The molecule has 0 atom stereocenters. The maximum Gasteiger partial charge on any atom is 0.270 e. The van der Waals surface area contributed by atoms with Gasteiger partial charge in [0.25, 0.3) is 5.91 Å². The fourth-order valence-corrected chi connectivity index (χ4v) is 5.32. The highest BCUT2D eigenvalue weighted by atomic mass is 79.9. The molecule has 3 nitrogen and oxygen atoms in total. The van der Waals surface area contributed by atoms with Crippen molar-refractivity contribution >= 4 is 73.7 Å². The Morgan fingerprint density at radius 2 is 1.94 bits per heavy atom. The summed E-state index contributed by atoms with van der Waals surface area (Å²) in [6, 6.07) is 19.6. The molecule has 0 aromatic heterocycles. The number of benzene rings is 3. The Morgan fingerprint density at radius 3 is 2.66 bits per heavy atom. The second-order valence-corrected chi connectivity index (χ2v) is 10.2. The summed E-state index contributed by atoms with van der Waals surface area (Å²) in [5.74, 6) is 0.251. The number of hydrogen-bond acceptors (Lipinski definition) is 5. The Morgan fingerprint density at radius 1 is 1.16 bits per heavy atom. The zero-order chi connectivity index (χ0) is 22.7. The van der Waals surface area contributed by atoms with Crippen molar-refractivity contribution in [2.45, 2.75) is 11.5 Å². The maximum atomic E-state index is 13.0. The number of amides is 1. The number of rotatable bonds is 6. The van der Waals surface area contributed by atoms with Crippen molar-refractivity contribution in [3.63, 3.8) is 0 Å². The van der Waals surface area contributed by atoms with Gasteiger partial charge in [-0.25, -0.2) is 4.39 Å². The highest BCUT2D eigenvalue weighted by Crippen LogP contribution is 2.37. The molecule has 0 aliphatic carbocycles. The van der Waals surface area contributed by atoms with E-state index in [4.69, 9.17) is 17.0 Å². The van der Waals surface area contributed by atoms with E-state index in [1.165, 1.54) is 23.9 Å². The third-order valence-electron chi connectivity index (χ3n) is 4.67. The van der Waals surface area contributed by atoms with Crippen LogP contribution in [0.5, 0.6) is 5.75 Å². The van der Waals surface area contributed by atoms with Gasteiger partial charge in [0.1, 0.15) is 18.2 Å². The molecular formula is C24H17BrFNO2S3. The van der Waals surface area contributed by atoms with Crippen LogP contribution < -0.4 is 9.64 Å². The highest BCUT2D eigenvalue weighted by Gasteiger charge is 2.33. The maximum absolute atomic E-state index is 13.0. The van der Waals surface area contributed by atoms with E-state index in [0.29, 0.717) is 21.6 Å². The Balaban J connectivity index is 1.49. The van der Waals surface area contributed by atoms with Gasteiger partial charge in [-0.1, -0.05) is 48.2 Å². The molecule has 3 aromatic carbocycles. The molecule has 4 rings (SSSR count). The molecule has 1 amide bonds. The number of anilines is 1. The van der Waals surface area contributed by atoms with Crippen LogP contribution in [0.2, 0.25) is 0 Å². The molecule has 0 bridgehead atoms. The van der Waals surface area contributed by atoms with E-state index in [1.807, 2.05) is 54.8 Å². The number of thiocarbonyl (C=S) groups is 1. The molecule has 0 radical (unpaired) electrons. The Bertz CT molecular complexity index is 1210. The molecule has 3 aromatic rings. The second kappa shape index (κ2) is 10.2. The minimum Gasteiger partial charge on any atom is -0.488 e. The number of halogens is 2. The molecule has 32 heavy (non-hydrogen) atoms. The summed E-state index contributed by atoms with van der Waals surface area (Å²) in [6.07, 6.45) is 3.82. The van der Waals surface area contributed by atoms with Crippen LogP contribution in [0, 0.1) is 5.82 Å². The predicted octanol–water partition coefficient (Wildman–Crippen LogP) is 7.29. The first-order valence-electron chi connectivity index (χ1n) is 9.53. The monoisotopic (exact) mass is 545 g/mol. The van der Waals surface area contributed by atoms with Gasteiger partial charge >= 0.3 is 0 Å². The lowest BCUT2D eigenvalue weighted by atomic mass is 10.2. The van der Waals surface area contributed by atoms with Crippen LogP contribution in [0.15, 0.2) is 81.0 Å². The quantitative estimate of drug-likeness (QED) is 0.184. The highest BCUT2D eigenvalue weighted by molar-refractivity contribution is 9.10. The summed E-state index contributed by atoms with van der Waals surface area (Å²) < 4.78 is 20.1. The summed E-state index contributed by atoms with van der Waals surface area (Å²) in [7, 11) is 0. The lowest BCUT2D eigenvalue weighted by molar-refractivity contribution is -0.113. The molecule has 162 valence electrons. The minimum absolute atomic E-state index is 0.133. The van der Waals surface area contributed by atoms with Crippen LogP contribution in [0.3, 0.4) is 0 Å². The lowest BCUT2D eigenvalue weighted by Gasteiger charge is -2.15. The van der Waals surface area contributed by atoms with E-state index >= 15 is 0 Å². The predicted molar refractivity (Wildman–Crippen MR) is 139 cm³/mol. The average Bonchev–Trinajstić information content (AvgIpc) is 3.07. The van der Waals surface area contributed by atoms with Crippen LogP contribution in [0.4, 0.5) is 10.1 Å². The largest absolute Gasteiger partial charge is 0.488 e.